The number of hydrogen-bond acceptors (Lipinski definition) is 4. The average Bonchev–Trinajstić information content (AvgIpc) is 3.12. The summed E-state index contributed by atoms with van der Waals surface area (Å²) in [6.45, 7) is -2.91. The molecule has 0 aliphatic carbocycles. The SMILES string of the molecule is O=C(Nc1ccccc1OC(F)F)c1ccn(COc2ccc(Cl)cc2)n1. The fourth-order valence-corrected chi connectivity index (χ4v) is 2.31. The molecule has 1 heterocycles. The summed E-state index contributed by atoms with van der Waals surface area (Å²) in [6, 6.07) is 14.2. The molecular formula is C18H14ClF2N3O3. The number of alkyl halides is 2. The van der Waals surface area contributed by atoms with Crippen LogP contribution in [0.2, 0.25) is 5.02 Å². The number of ether oxygens (including phenoxy) is 2. The van der Waals surface area contributed by atoms with Gasteiger partial charge in [0.25, 0.3) is 5.91 Å². The van der Waals surface area contributed by atoms with E-state index in [2.05, 4.69) is 15.2 Å². The second-order valence-electron chi connectivity index (χ2n) is 5.30. The highest BCUT2D eigenvalue weighted by atomic mass is 35.5. The molecule has 1 aromatic heterocycles. The maximum atomic E-state index is 12.4. The minimum atomic E-state index is -2.99. The van der Waals surface area contributed by atoms with Crippen LogP contribution in [0, 0.1) is 0 Å². The summed E-state index contributed by atoms with van der Waals surface area (Å²) < 4.78 is 36.2. The first kappa shape index (κ1) is 18.7. The molecule has 0 aliphatic heterocycles. The van der Waals surface area contributed by atoms with Crippen LogP contribution in [0.25, 0.3) is 0 Å². The summed E-state index contributed by atoms with van der Waals surface area (Å²) in [5.41, 5.74) is 0.219. The van der Waals surface area contributed by atoms with E-state index < -0.39 is 12.5 Å². The lowest BCUT2D eigenvalue weighted by atomic mass is 10.3. The molecule has 3 aromatic rings. The molecule has 0 unspecified atom stereocenters. The number of para-hydroxylation sites is 2. The van der Waals surface area contributed by atoms with Crippen molar-refractivity contribution in [2.24, 2.45) is 0 Å². The van der Waals surface area contributed by atoms with E-state index in [4.69, 9.17) is 16.3 Å². The van der Waals surface area contributed by atoms with Gasteiger partial charge in [0.15, 0.2) is 12.4 Å². The minimum absolute atomic E-state index is 0.0833. The molecule has 1 amide bonds. The highest BCUT2D eigenvalue weighted by Crippen LogP contribution is 2.25. The van der Waals surface area contributed by atoms with Gasteiger partial charge in [0.1, 0.15) is 11.5 Å². The van der Waals surface area contributed by atoms with Crippen LogP contribution in [0.4, 0.5) is 14.5 Å². The van der Waals surface area contributed by atoms with E-state index in [1.165, 1.54) is 28.9 Å². The molecule has 140 valence electrons. The smallest absolute Gasteiger partial charge is 0.387 e. The highest BCUT2D eigenvalue weighted by molar-refractivity contribution is 6.30. The van der Waals surface area contributed by atoms with Gasteiger partial charge in [-0.2, -0.15) is 13.9 Å². The number of nitrogens with one attached hydrogen (secondary N) is 1. The Kier molecular flexibility index (Phi) is 5.87. The zero-order chi connectivity index (χ0) is 19.2. The van der Waals surface area contributed by atoms with Crippen molar-refractivity contribution in [3.05, 3.63) is 71.5 Å². The molecule has 0 bridgehead atoms. The molecule has 0 spiro atoms. The maximum Gasteiger partial charge on any atom is 0.387 e. The lowest BCUT2D eigenvalue weighted by Gasteiger charge is -2.10. The predicted molar refractivity (Wildman–Crippen MR) is 95.3 cm³/mol. The number of nitrogens with zero attached hydrogens (tertiary/aromatic N) is 2. The van der Waals surface area contributed by atoms with E-state index in [9.17, 15) is 13.6 Å². The molecule has 0 aliphatic rings. The van der Waals surface area contributed by atoms with Gasteiger partial charge in [0, 0.05) is 11.2 Å². The van der Waals surface area contributed by atoms with Crippen molar-refractivity contribution in [3.63, 3.8) is 0 Å². The van der Waals surface area contributed by atoms with Gasteiger partial charge in [-0.3, -0.25) is 4.79 Å². The molecule has 1 N–H and O–H groups in total. The monoisotopic (exact) mass is 393 g/mol. The largest absolute Gasteiger partial charge is 0.471 e. The van der Waals surface area contributed by atoms with Crippen molar-refractivity contribution in [2.75, 3.05) is 5.32 Å². The van der Waals surface area contributed by atoms with Crippen molar-refractivity contribution < 1.29 is 23.0 Å². The van der Waals surface area contributed by atoms with Gasteiger partial charge >= 0.3 is 6.61 Å². The normalized spacial score (nSPS) is 10.7. The van der Waals surface area contributed by atoms with Crippen molar-refractivity contribution in [3.8, 4) is 11.5 Å². The van der Waals surface area contributed by atoms with Crippen LogP contribution in [0.3, 0.4) is 0 Å². The molecule has 27 heavy (non-hydrogen) atoms. The fraction of sp³-hybridized carbons (Fsp3) is 0.111. The molecular weight excluding hydrogens is 380 g/mol. The summed E-state index contributed by atoms with van der Waals surface area (Å²) in [7, 11) is 0. The first-order chi connectivity index (χ1) is 13.0. The van der Waals surface area contributed by atoms with E-state index in [-0.39, 0.29) is 23.9 Å². The van der Waals surface area contributed by atoms with Gasteiger partial charge < -0.3 is 14.8 Å². The van der Waals surface area contributed by atoms with Crippen molar-refractivity contribution >= 4 is 23.2 Å². The third kappa shape index (κ3) is 5.18. The van der Waals surface area contributed by atoms with Crippen molar-refractivity contribution in [1.29, 1.82) is 0 Å². The Balaban J connectivity index is 1.62. The van der Waals surface area contributed by atoms with Crippen LogP contribution in [0.5, 0.6) is 11.5 Å². The second kappa shape index (κ2) is 8.50. The molecule has 3 rings (SSSR count). The summed E-state index contributed by atoms with van der Waals surface area (Å²) in [6.07, 6.45) is 1.56. The third-order valence-corrected chi connectivity index (χ3v) is 3.65. The van der Waals surface area contributed by atoms with Gasteiger partial charge in [-0.25, -0.2) is 4.68 Å². The number of carbonyl (C=O) groups excluding carboxylic acids is 1. The third-order valence-electron chi connectivity index (χ3n) is 3.40. The molecule has 0 saturated carbocycles. The Morgan fingerprint density at radius 2 is 1.89 bits per heavy atom. The lowest BCUT2D eigenvalue weighted by molar-refractivity contribution is -0.0493. The fourth-order valence-electron chi connectivity index (χ4n) is 2.18. The topological polar surface area (TPSA) is 65.4 Å². The second-order valence-corrected chi connectivity index (χ2v) is 5.73. The minimum Gasteiger partial charge on any atom is -0.471 e. The van der Waals surface area contributed by atoms with Gasteiger partial charge in [-0.1, -0.05) is 23.7 Å². The van der Waals surface area contributed by atoms with E-state index >= 15 is 0 Å². The Hall–Kier alpha value is -3.13. The van der Waals surface area contributed by atoms with Crippen LogP contribution in [-0.2, 0) is 6.73 Å². The standard InChI is InChI=1S/C18H14ClF2N3O3/c19-12-5-7-13(8-6-12)26-11-24-10-9-15(23-24)17(25)22-14-3-1-2-4-16(14)27-18(20)21/h1-10,18H,11H2,(H,22,25). The molecule has 0 radical (unpaired) electrons. The highest BCUT2D eigenvalue weighted by Gasteiger charge is 2.14. The Labute approximate surface area is 158 Å². The summed E-state index contributed by atoms with van der Waals surface area (Å²) >= 11 is 5.80. The lowest BCUT2D eigenvalue weighted by Crippen LogP contribution is -2.15. The quantitative estimate of drug-likeness (QED) is 0.645. The van der Waals surface area contributed by atoms with E-state index in [1.807, 2.05) is 0 Å². The number of halogens is 3. The summed E-state index contributed by atoms with van der Waals surface area (Å²) in [5, 5.41) is 7.19. The zero-order valence-electron chi connectivity index (χ0n) is 13.8. The van der Waals surface area contributed by atoms with Gasteiger partial charge in [-0.05, 0) is 42.5 Å². The van der Waals surface area contributed by atoms with Crippen LogP contribution in [0.15, 0.2) is 60.8 Å². The molecule has 0 atom stereocenters. The van der Waals surface area contributed by atoms with Gasteiger partial charge in [-0.15, -0.1) is 0 Å². The van der Waals surface area contributed by atoms with Crippen LogP contribution in [-0.4, -0.2) is 22.3 Å². The Bertz CT molecular complexity index is 916. The number of amides is 1. The molecule has 9 heteroatoms. The predicted octanol–water partition coefficient (Wildman–Crippen LogP) is 4.43. The van der Waals surface area contributed by atoms with Crippen molar-refractivity contribution in [2.45, 2.75) is 13.3 Å². The number of rotatable bonds is 7. The van der Waals surface area contributed by atoms with Crippen LogP contribution >= 0.6 is 11.6 Å². The Morgan fingerprint density at radius 1 is 1.15 bits per heavy atom. The zero-order valence-corrected chi connectivity index (χ0v) is 14.6. The van der Waals surface area contributed by atoms with Gasteiger partial charge in [0.2, 0.25) is 0 Å². The van der Waals surface area contributed by atoms with E-state index in [0.29, 0.717) is 10.8 Å². The number of anilines is 1. The van der Waals surface area contributed by atoms with Crippen LogP contribution in [0.1, 0.15) is 10.5 Å². The van der Waals surface area contributed by atoms with Crippen molar-refractivity contribution in [1.82, 2.24) is 9.78 Å². The maximum absolute atomic E-state index is 12.4. The number of benzene rings is 2. The van der Waals surface area contributed by atoms with E-state index in [1.54, 1.807) is 36.5 Å². The number of carbonyl (C=O) groups is 1. The number of aromatic nitrogens is 2. The number of hydrogen-bond donors (Lipinski definition) is 1. The summed E-state index contributed by atoms with van der Waals surface area (Å²) in [5.74, 6) is -0.101. The van der Waals surface area contributed by atoms with Crippen LogP contribution < -0.4 is 14.8 Å². The molecule has 0 fully saturated rings. The average molecular weight is 394 g/mol. The molecule has 0 saturated heterocycles. The first-order valence-electron chi connectivity index (χ1n) is 7.78. The molecule has 2 aromatic carbocycles. The molecule has 6 nitrogen and oxygen atoms in total. The first-order valence-corrected chi connectivity index (χ1v) is 8.16. The van der Waals surface area contributed by atoms with E-state index in [0.717, 1.165) is 0 Å². The summed E-state index contributed by atoms with van der Waals surface area (Å²) in [4.78, 5) is 12.3. The Morgan fingerprint density at radius 3 is 2.63 bits per heavy atom. The van der Waals surface area contributed by atoms with Gasteiger partial charge in [0.05, 0.1) is 5.69 Å².